The van der Waals surface area contributed by atoms with E-state index in [0.29, 0.717) is 14.2 Å². The minimum Gasteiger partial charge on any atom is -0.829 e. The first kappa shape index (κ1) is 45.8. The summed E-state index contributed by atoms with van der Waals surface area (Å²) >= 11 is 0. The second-order valence-corrected chi connectivity index (χ2v) is 7.56. The average molecular weight is 412 g/mol. The summed E-state index contributed by atoms with van der Waals surface area (Å²) in [6, 6.07) is 0. The molecule has 92 valence electrons. The summed E-state index contributed by atoms with van der Waals surface area (Å²) in [5.74, 6) is 0. The largest absolute Gasteiger partial charge is 1.00 e. The zero-order chi connectivity index (χ0) is 12.3. The predicted octanol–water partition coefficient (Wildman–Crippen LogP) is -26.2. The van der Waals surface area contributed by atoms with Crippen LogP contribution in [0.5, 0.6) is 0 Å². The van der Waals surface area contributed by atoms with E-state index in [1.165, 1.54) is 0 Å². The summed E-state index contributed by atoms with van der Waals surface area (Å²) in [5.41, 5.74) is 0. The Bertz CT molecular complexity index is 201. The normalized spacial score (nSPS) is 10.3. The van der Waals surface area contributed by atoms with Crippen molar-refractivity contribution in [3.05, 3.63) is 0 Å². The van der Waals surface area contributed by atoms with Crippen molar-refractivity contribution in [3.8, 4) is 0 Å². The van der Waals surface area contributed by atoms with Crippen LogP contribution in [0.15, 0.2) is 0 Å². The van der Waals surface area contributed by atoms with Crippen molar-refractivity contribution in [2.75, 3.05) is 14.2 Å². The van der Waals surface area contributed by atoms with Gasteiger partial charge >= 0.3 is 177 Å². The molecule has 0 saturated carbocycles. The van der Waals surface area contributed by atoms with Gasteiger partial charge in [0.2, 0.25) is 0 Å². The van der Waals surface area contributed by atoms with Gasteiger partial charge in [0.15, 0.2) is 0 Å². The van der Waals surface area contributed by atoms with Crippen LogP contribution in [0.1, 0.15) is 0 Å². The van der Waals surface area contributed by atoms with Crippen LogP contribution in [0.25, 0.3) is 0 Å². The molecule has 0 aromatic rings. The van der Waals surface area contributed by atoms with Crippen molar-refractivity contribution in [1.82, 2.24) is 0 Å². The molecule has 0 spiro atoms. The molecule has 0 bridgehead atoms. The second kappa shape index (κ2) is 21.0. The SMILES string of the molecule is CO[Si]([O-])([O-])O[Si]([O-])([O-])O[Si]([O-])([O-])OC.[Na+].[Na+].[Na+].[Na+].[Na+].[Na+]. The van der Waals surface area contributed by atoms with Gasteiger partial charge in [0, 0.05) is 14.2 Å². The van der Waals surface area contributed by atoms with Gasteiger partial charge in [-0.3, -0.25) is 0 Å². The van der Waals surface area contributed by atoms with E-state index in [1.807, 2.05) is 0 Å². The molecule has 0 aliphatic rings. The fourth-order valence-corrected chi connectivity index (χ4v) is 4.07. The molecule has 0 rings (SSSR count). The van der Waals surface area contributed by atoms with Crippen LogP contribution in [0, 0.1) is 0 Å². The molecular formula is C2H6Na6O10Si3. The molecule has 0 saturated heterocycles. The van der Waals surface area contributed by atoms with E-state index in [4.69, 9.17) is 0 Å². The van der Waals surface area contributed by atoms with E-state index in [0.717, 1.165) is 0 Å². The smallest absolute Gasteiger partial charge is 0.829 e. The Morgan fingerprint density at radius 3 is 0.810 bits per heavy atom. The molecule has 0 aliphatic heterocycles. The maximum absolute atomic E-state index is 10.7. The molecule has 0 aromatic carbocycles. The molecule has 0 N–H and O–H groups in total. The van der Waals surface area contributed by atoms with Crippen LogP contribution in [0.4, 0.5) is 0 Å². The first-order valence-electron chi connectivity index (χ1n) is 3.27. The molecule has 0 unspecified atom stereocenters. The summed E-state index contributed by atoms with van der Waals surface area (Å²) in [7, 11) is -15.5. The fraction of sp³-hybridized carbons (Fsp3) is 1.00. The molecule has 0 amide bonds. The predicted molar refractivity (Wildman–Crippen MR) is 33.4 cm³/mol. The van der Waals surface area contributed by atoms with Gasteiger partial charge in [-0.25, -0.2) is 0 Å². The summed E-state index contributed by atoms with van der Waals surface area (Å²) < 4.78 is 14.1. The van der Waals surface area contributed by atoms with Crippen LogP contribution < -0.4 is 206 Å². The number of rotatable bonds is 6. The Morgan fingerprint density at radius 1 is 0.476 bits per heavy atom. The molecular weight excluding hydrogens is 406 g/mol. The second-order valence-electron chi connectivity index (χ2n) is 2.11. The molecule has 0 aromatic heterocycles. The topological polar surface area (TPSA) is 175 Å². The standard InChI is InChI=1S/C2H6O10Si3.6Na/c1-9-13(3,4)11-15(7,8)12-14(5,6)10-2;;;;;;/h1-2H3;;;;;;/q-6;6*+1. The van der Waals surface area contributed by atoms with E-state index in [2.05, 4.69) is 17.1 Å². The van der Waals surface area contributed by atoms with Crippen LogP contribution in [-0.2, 0) is 17.1 Å². The first-order valence-corrected chi connectivity index (χ1v) is 8.16. The Hall–Kier alpha value is 6.25. The summed E-state index contributed by atoms with van der Waals surface area (Å²) in [4.78, 5) is 63.5. The molecule has 10 nitrogen and oxygen atoms in total. The molecule has 21 heavy (non-hydrogen) atoms. The Kier molecular flexibility index (Phi) is 45.7. The third kappa shape index (κ3) is 26.3. The quantitative estimate of drug-likeness (QED) is 0.381. The van der Waals surface area contributed by atoms with E-state index in [1.54, 1.807) is 0 Å². The van der Waals surface area contributed by atoms with E-state index < -0.39 is 27.1 Å². The fourth-order valence-electron chi connectivity index (χ4n) is 0.410. The molecule has 0 heterocycles. The minimum atomic E-state index is -5.89. The number of hydrogen-bond donors (Lipinski definition) is 0. The maximum Gasteiger partial charge on any atom is 1.00 e. The summed E-state index contributed by atoms with van der Waals surface area (Å²) in [6.45, 7) is 0. The van der Waals surface area contributed by atoms with Gasteiger partial charge in [-0.2, -0.15) is 0 Å². The van der Waals surface area contributed by atoms with Gasteiger partial charge in [0.25, 0.3) is 0 Å². The number of hydrogen-bond acceptors (Lipinski definition) is 10. The zero-order valence-corrected chi connectivity index (χ0v) is 28.6. The van der Waals surface area contributed by atoms with Gasteiger partial charge in [-0.15, -0.1) is 0 Å². The Labute approximate surface area is 258 Å². The molecule has 0 aliphatic carbocycles. The summed E-state index contributed by atoms with van der Waals surface area (Å²) in [6.07, 6.45) is 0. The van der Waals surface area contributed by atoms with Crippen molar-refractivity contribution in [2.24, 2.45) is 0 Å². The van der Waals surface area contributed by atoms with Gasteiger partial charge in [-0.05, 0) is 0 Å². The van der Waals surface area contributed by atoms with E-state index >= 15 is 0 Å². The van der Waals surface area contributed by atoms with Crippen molar-refractivity contribution in [1.29, 1.82) is 0 Å². The molecule has 0 atom stereocenters. The van der Waals surface area contributed by atoms with Crippen molar-refractivity contribution >= 4 is 27.1 Å². The third-order valence-corrected chi connectivity index (χ3v) is 6.00. The zero-order valence-electron chi connectivity index (χ0n) is 13.6. The van der Waals surface area contributed by atoms with Gasteiger partial charge < -0.3 is 45.9 Å². The van der Waals surface area contributed by atoms with Gasteiger partial charge in [-0.1, -0.05) is 0 Å². The van der Waals surface area contributed by atoms with E-state index in [9.17, 15) is 28.8 Å². The van der Waals surface area contributed by atoms with Crippen molar-refractivity contribution in [2.45, 2.75) is 0 Å². The average Bonchev–Trinajstić information content (AvgIpc) is 2.00. The minimum absolute atomic E-state index is 0. The van der Waals surface area contributed by atoms with Crippen LogP contribution in [0.3, 0.4) is 0 Å². The van der Waals surface area contributed by atoms with Gasteiger partial charge in [0.05, 0.1) is 0 Å². The maximum atomic E-state index is 10.7. The van der Waals surface area contributed by atoms with E-state index in [-0.39, 0.29) is 177 Å². The van der Waals surface area contributed by atoms with Crippen molar-refractivity contribution < 1.29 is 223 Å². The van der Waals surface area contributed by atoms with Crippen LogP contribution >= 0.6 is 0 Å². The third-order valence-electron chi connectivity index (χ3n) is 1.00. The Morgan fingerprint density at radius 2 is 0.667 bits per heavy atom. The molecule has 19 heteroatoms. The van der Waals surface area contributed by atoms with Crippen LogP contribution in [-0.4, -0.2) is 41.4 Å². The van der Waals surface area contributed by atoms with Crippen LogP contribution in [0.2, 0.25) is 0 Å². The molecule has 0 fully saturated rings. The summed E-state index contributed by atoms with van der Waals surface area (Å²) in [5, 5.41) is 0. The monoisotopic (exact) mass is 412 g/mol. The van der Waals surface area contributed by atoms with Gasteiger partial charge in [0.1, 0.15) is 27.1 Å². The molecule has 0 radical (unpaired) electrons. The van der Waals surface area contributed by atoms with Crippen molar-refractivity contribution in [3.63, 3.8) is 0 Å². The Balaban J connectivity index is -0.0000000653. The first-order chi connectivity index (χ1) is 6.54.